The lowest BCUT2D eigenvalue weighted by Gasteiger charge is -2.26. The Kier molecular flexibility index (Phi) is 4.04. The van der Waals surface area contributed by atoms with Crippen LogP contribution in [0.1, 0.15) is 44.1 Å². The van der Waals surface area contributed by atoms with Crippen molar-refractivity contribution in [3.8, 4) is 5.75 Å². The standard InChI is InChI=1S/C16H23NOS/c17-16(8-1-2-9-16)13-5-3-6-14(11-13)18-15-7-4-10-19-12-15/h3,5-6,11,15H,1-2,4,7-10,12,17H2. The third kappa shape index (κ3) is 3.09. The summed E-state index contributed by atoms with van der Waals surface area (Å²) in [6, 6.07) is 8.49. The van der Waals surface area contributed by atoms with Crippen molar-refractivity contribution in [1.29, 1.82) is 0 Å². The molecular formula is C16H23NOS. The van der Waals surface area contributed by atoms with E-state index in [2.05, 4.69) is 24.3 Å². The molecule has 2 nitrogen and oxygen atoms in total. The molecule has 0 radical (unpaired) electrons. The van der Waals surface area contributed by atoms with E-state index >= 15 is 0 Å². The lowest BCUT2D eigenvalue weighted by atomic mass is 9.89. The second-order valence-electron chi connectivity index (χ2n) is 5.85. The predicted molar refractivity (Wildman–Crippen MR) is 81.8 cm³/mol. The first-order valence-corrected chi connectivity index (χ1v) is 8.56. The van der Waals surface area contributed by atoms with Crippen molar-refractivity contribution in [3.63, 3.8) is 0 Å². The molecule has 0 aromatic heterocycles. The van der Waals surface area contributed by atoms with E-state index < -0.39 is 0 Å². The Labute approximate surface area is 120 Å². The van der Waals surface area contributed by atoms with Crippen LogP contribution in [0.3, 0.4) is 0 Å². The first-order chi connectivity index (χ1) is 9.26. The molecule has 1 atom stereocenters. The maximum atomic E-state index is 6.52. The van der Waals surface area contributed by atoms with E-state index in [-0.39, 0.29) is 5.54 Å². The fraction of sp³-hybridized carbons (Fsp3) is 0.625. The van der Waals surface area contributed by atoms with Gasteiger partial charge in [-0.1, -0.05) is 25.0 Å². The summed E-state index contributed by atoms with van der Waals surface area (Å²) in [5, 5.41) is 0. The van der Waals surface area contributed by atoms with E-state index in [0.717, 1.165) is 24.3 Å². The average Bonchev–Trinajstić information content (AvgIpc) is 2.89. The molecule has 19 heavy (non-hydrogen) atoms. The molecule has 0 spiro atoms. The van der Waals surface area contributed by atoms with Gasteiger partial charge < -0.3 is 10.5 Å². The molecule has 1 aromatic rings. The van der Waals surface area contributed by atoms with E-state index in [0.29, 0.717) is 6.10 Å². The summed E-state index contributed by atoms with van der Waals surface area (Å²) in [4.78, 5) is 0. The highest BCUT2D eigenvalue weighted by atomic mass is 32.2. The predicted octanol–water partition coefficient (Wildman–Crippen LogP) is 3.69. The quantitative estimate of drug-likeness (QED) is 0.915. The van der Waals surface area contributed by atoms with Crippen LogP contribution in [0.5, 0.6) is 5.75 Å². The van der Waals surface area contributed by atoms with Crippen LogP contribution >= 0.6 is 11.8 Å². The SMILES string of the molecule is NC1(c2cccc(OC3CCCSC3)c2)CCCC1. The Balaban J connectivity index is 1.72. The molecule has 3 rings (SSSR count). The summed E-state index contributed by atoms with van der Waals surface area (Å²) in [6.45, 7) is 0. The van der Waals surface area contributed by atoms with Crippen molar-refractivity contribution in [3.05, 3.63) is 29.8 Å². The minimum atomic E-state index is -0.110. The van der Waals surface area contributed by atoms with Gasteiger partial charge in [0, 0.05) is 11.3 Å². The fourth-order valence-electron chi connectivity index (χ4n) is 3.17. The molecule has 1 aliphatic heterocycles. The van der Waals surface area contributed by atoms with Crippen LogP contribution in [0, 0.1) is 0 Å². The lowest BCUT2D eigenvalue weighted by Crippen LogP contribution is -2.33. The van der Waals surface area contributed by atoms with E-state index in [1.807, 2.05) is 11.8 Å². The second-order valence-corrected chi connectivity index (χ2v) is 7.00. The van der Waals surface area contributed by atoms with Gasteiger partial charge in [-0.15, -0.1) is 0 Å². The molecule has 1 unspecified atom stereocenters. The van der Waals surface area contributed by atoms with Gasteiger partial charge >= 0.3 is 0 Å². The lowest BCUT2D eigenvalue weighted by molar-refractivity contribution is 0.211. The Hall–Kier alpha value is -0.670. The van der Waals surface area contributed by atoms with Gasteiger partial charge in [0.1, 0.15) is 11.9 Å². The van der Waals surface area contributed by atoms with E-state index in [1.54, 1.807) is 0 Å². The van der Waals surface area contributed by atoms with Crippen molar-refractivity contribution in [2.75, 3.05) is 11.5 Å². The number of benzene rings is 1. The highest BCUT2D eigenvalue weighted by Gasteiger charge is 2.31. The van der Waals surface area contributed by atoms with E-state index in [9.17, 15) is 0 Å². The van der Waals surface area contributed by atoms with Crippen LogP contribution in [0.4, 0.5) is 0 Å². The molecule has 2 N–H and O–H groups in total. The zero-order chi connectivity index (χ0) is 13.1. The van der Waals surface area contributed by atoms with Crippen molar-refractivity contribution in [1.82, 2.24) is 0 Å². The van der Waals surface area contributed by atoms with Crippen LogP contribution in [0.25, 0.3) is 0 Å². The highest BCUT2D eigenvalue weighted by molar-refractivity contribution is 7.99. The van der Waals surface area contributed by atoms with Gasteiger partial charge in [-0.2, -0.15) is 11.8 Å². The minimum absolute atomic E-state index is 0.110. The molecule has 0 amide bonds. The number of hydrogen-bond donors (Lipinski definition) is 1. The second kappa shape index (κ2) is 5.76. The molecule has 1 saturated heterocycles. The number of rotatable bonds is 3. The van der Waals surface area contributed by atoms with Gasteiger partial charge in [0.05, 0.1) is 0 Å². The number of hydrogen-bond acceptors (Lipinski definition) is 3. The van der Waals surface area contributed by atoms with Crippen LogP contribution in [0.2, 0.25) is 0 Å². The van der Waals surface area contributed by atoms with Gasteiger partial charge in [0.2, 0.25) is 0 Å². The molecule has 1 heterocycles. The van der Waals surface area contributed by atoms with Crippen LogP contribution in [-0.4, -0.2) is 17.6 Å². The van der Waals surface area contributed by atoms with Crippen LogP contribution < -0.4 is 10.5 Å². The molecule has 3 heteroatoms. The normalized spacial score (nSPS) is 26.3. The van der Waals surface area contributed by atoms with Gasteiger partial charge in [0.15, 0.2) is 0 Å². The smallest absolute Gasteiger partial charge is 0.120 e. The molecule has 1 aromatic carbocycles. The number of nitrogens with two attached hydrogens (primary N) is 1. The Morgan fingerprint density at radius 2 is 2.05 bits per heavy atom. The molecule has 0 bridgehead atoms. The number of ether oxygens (including phenoxy) is 1. The molecular weight excluding hydrogens is 254 g/mol. The first kappa shape index (κ1) is 13.3. The molecule has 1 saturated carbocycles. The Morgan fingerprint density at radius 1 is 1.21 bits per heavy atom. The molecule has 1 aliphatic carbocycles. The summed E-state index contributed by atoms with van der Waals surface area (Å²) >= 11 is 2.00. The maximum Gasteiger partial charge on any atom is 0.120 e. The first-order valence-electron chi connectivity index (χ1n) is 7.40. The summed E-state index contributed by atoms with van der Waals surface area (Å²) in [6.07, 6.45) is 7.56. The largest absolute Gasteiger partial charge is 0.490 e. The summed E-state index contributed by atoms with van der Waals surface area (Å²) < 4.78 is 6.12. The van der Waals surface area contributed by atoms with Crippen LogP contribution in [0.15, 0.2) is 24.3 Å². The van der Waals surface area contributed by atoms with Crippen molar-refractivity contribution < 1.29 is 4.74 Å². The van der Waals surface area contributed by atoms with Crippen LogP contribution in [-0.2, 0) is 5.54 Å². The van der Waals surface area contributed by atoms with Gasteiger partial charge in [-0.25, -0.2) is 0 Å². The monoisotopic (exact) mass is 277 g/mol. The average molecular weight is 277 g/mol. The van der Waals surface area contributed by atoms with Crippen molar-refractivity contribution in [2.24, 2.45) is 5.73 Å². The van der Waals surface area contributed by atoms with Gasteiger partial charge in [-0.05, 0) is 49.1 Å². The third-order valence-corrected chi connectivity index (χ3v) is 5.51. The van der Waals surface area contributed by atoms with Crippen molar-refractivity contribution in [2.45, 2.75) is 50.2 Å². The van der Waals surface area contributed by atoms with Crippen molar-refractivity contribution >= 4 is 11.8 Å². The molecule has 2 fully saturated rings. The summed E-state index contributed by atoms with van der Waals surface area (Å²) in [5.74, 6) is 3.41. The highest BCUT2D eigenvalue weighted by Crippen LogP contribution is 2.37. The minimum Gasteiger partial charge on any atom is -0.490 e. The van der Waals surface area contributed by atoms with E-state index in [1.165, 1.54) is 37.0 Å². The Morgan fingerprint density at radius 3 is 2.79 bits per heavy atom. The maximum absolute atomic E-state index is 6.52. The fourth-order valence-corrected chi connectivity index (χ4v) is 4.21. The molecule has 2 aliphatic rings. The van der Waals surface area contributed by atoms with Gasteiger partial charge in [-0.3, -0.25) is 0 Å². The summed E-state index contributed by atoms with van der Waals surface area (Å²) in [5.41, 5.74) is 7.67. The topological polar surface area (TPSA) is 35.2 Å². The number of thioether (sulfide) groups is 1. The zero-order valence-electron chi connectivity index (χ0n) is 11.4. The summed E-state index contributed by atoms with van der Waals surface area (Å²) in [7, 11) is 0. The molecule has 104 valence electrons. The third-order valence-electron chi connectivity index (χ3n) is 4.33. The van der Waals surface area contributed by atoms with Gasteiger partial charge in [0.25, 0.3) is 0 Å². The van der Waals surface area contributed by atoms with E-state index in [4.69, 9.17) is 10.5 Å². The zero-order valence-corrected chi connectivity index (χ0v) is 12.3. The Bertz CT molecular complexity index is 423.